The van der Waals surface area contributed by atoms with Crippen LogP contribution in [0.2, 0.25) is 0 Å². The van der Waals surface area contributed by atoms with E-state index in [1.165, 1.54) is 0 Å². The van der Waals surface area contributed by atoms with Crippen LogP contribution in [0.5, 0.6) is 0 Å². The lowest BCUT2D eigenvalue weighted by molar-refractivity contribution is -0.142. The Bertz CT molecular complexity index is 656. The van der Waals surface area contributed by atoms with Gasteiger partial charge in [0.05, 0.1) is 12.6 Å². The molecular weight excluding hydrogens is 292 g/mol. The van der Waals surface area contributed by atoms with Crippen molar-refractivity contribution in [3.8, 4) is 0 Å². The van der Waals surface area contributed by atoms with Gasteiger partial charge < -0.3 is 9.42 Å². The van der Waals surface area contributed by atoms with E-state index in [0.717, 1.165) is 25.1 Å². The van der Waals surface area contributed by atoms with Crippen molar-refractivity contribution >= 4 is 5.91 Å². The Hall–Kier alpha value is -2.21. The maximum absolute atomic E-state index is 12.6. The van der Waals surface area contributed by atoms with E-state index in [9.17, 15) is 4.79 Å². The van der Waals surface area contributed by atoms with E-state index < -0.39 is 0 Å². The predicted molar refractivity (Wildman–Crippen MR) is 85.4 cm³/mol. The molecule has 1 aromatic carbocycles. The van der Waals surface area contributed by atoms with Crippen LogP contribution >= 0.6 is 0 Å². The number of hydrogen-bond acceptors (Lipinski definition) is 5. The molecule has 0 saturated carbocycles. The molecule has 6 nitrogen and oxygen atoms in total. The average Bonchev–Trinajstić information content (AvgIpc) is 3.03. The molecule has 0 unspecified atom stereocenters. The second-order valence-corrected chi connectivity index (χ2v) is 5.85. The summed E-state index contributed by atoms with van der Waals surface area (Å²) in [5, 5.41) is 3.97. The number of carbonyl (C=O) groups is 1. The molecule has 0 bridgehead atoms. The summed E-state index contributed by atoms with van der Waals surface area (Å²) >= 11 is 0. The number of rotatable bonds is 5. The summed E-state index contributed by atoms with van der Waals surface area (Å²) in [4.78, 5) is 21.0. The van der Waals surface area contributed by atoms with Crippen molar-refractivity contribution in [3.05, 3.63) is 47.6 Å². The van der Waals surface area contributed by atoms with Gasteiger partial charge in [0, 0.05) is 26.1 Å². The summed E-state index contributed by atoms with van der Waals surface area (Å²) in [6.07, 6.45) is 0.729. The maximum Gasteiger partial charge on any atom is 0.239 e. The first kappa shape index (κ1) is 15.7. The van der Waals surface area contributed by atoms with E-state index in [4.69, 9.17) is 4.52 Å². The van der Waals surface area contributed by atoms with Crippen molar-refractivity contribution in [2.75, 3.05) is 13.1 Å². The number of piperazine rings is 1. The van der Waals surface area contributed by atoms with Crippen LogP contribution in [0.15, 0.2) is 34.9 Å². The molecule has 1 atom stereocenters. The highest BCUT2D eigenvalue weighted by Gasteiger charge is 2.32. The van der Waals surface area contributed by atoms with Crippen LogP contribution in [0, 0.1) is 0 Å². The third kappa shape index (κ3) is 3.59. The molecule has 1 aliphatic rings. The summed E-state index contributed by atoms with van der Waals surface area (Å²) in [5.74, 6) is 1.44. The molecule has 1 fully saturated rings. The fourth-order valence-corrected chi connectivity index (χ4v) is 2.83. The monoisotopic (exact) mass is 314 g/mol. The molecule has 0 aliphatic carbocycles. The number of carbonyl (C=O) groups excluding carboxylic acids is 1. The van der Waals surface area contributed by atoms with Crippen molar-refractivity contribution in [2.24, 2.45) is 0 Å². The number of amides is 1. The second-order valence-electron chi connectivity index (χ2n) is 5.85. The summed E-state index contributed by atoms with van der Waals surface area (Å²) in [6.45, 7) is 6.67. The third-order valence-electron chi connectivity index (χ3n) is 4.25. The van der Waals surface area contributed by atoms with Crippen LogP contribution in [0.4, 0.5) is 0 Å². The van der Waals surface area contributed by atoms with Gasteiger partial charge in [0.15, 0.2) is 5.82 Å². The molecule has 23 heavy (non-hydrogen) atoms. The fourth-order valence-electron chi connectivity index (χ4n) is 2.83. The van der Waals surface area contributed by atoms with E-state index in [0.29, 0.717) is 24.8 Å². The highest BCUT2D eigenvalue weighted by atomic mass is 16.5. The van der Waals surface area contributed by atoms with Gasteiger partial charge in [-0.15, -0.1) is 0 Å². The van der Waals surface area contributed by atoms with Gasteiger partial charge in [-0.05, 0) is 12.5 Å². The van der Waals surface area contributed by atoms with Gasteiger partial charge in [-0.25, -0.2) is 0 Å². The zero-order valence-corrected chi connectivity index (χ0v) is 13.6. The standard InChI is InChI=1S/C17H22N4O2/c1-3-16-18-15(19-23-16)12-20-9-10-21(17(22)13(20)2)11-14-7-5-4-6-8-14/h4-8,13H,3,9-12H2,1-2H3/t13-/m0/s1. The highest BCUT2D eigenvalue weighted by molar-refractivity contribution is 5.82. The Morgan fingerprint density at radius 2 is 2.00 bits per heavy atom. The van der Waals surface area contributed by atoms with Crippen molar-refractivity contribution < 1.29 is 9.32 Å². The van der Waals surface area contributed by atoms with E-state index in [2.05, 4.69) is 27.2 Å². The smallest absolute Gasteiger partial charge is 0.239 e. The molecule has 6 heteroatoms. The van der Waals surface area contributed by atoms with E-state index >= 15 is 0 Å². The molecule has 3 rings (SSSR count). The van der Waals surface area contributed by atoms with Crippen LogP contribution < -0.4 is 0 Å². The summed E-state index contributed by atoms with van der Waals surface area (Å²) < 4.78 is 5.13. The molecule has 0 N–H and O–H groups in total. The number of aromatic nitrogens is 2. The zero-order chi connectivity index (χ0) is 16.2. The Balaban J connectivity index is 1.61. The molecule has 1 aromatic heterocycles. The molecule has 1 aliphatic heterocycles. The van der Waals surface area contributed by atoms with Gasteiger partial charge in [-0.1, -0.05) is 42.4 Å². The minimum absolute atomic E-state index is 0.152. The van der Waals surface area contributed by atoms with Crippen molar-refractivity contribution in [1.82, 2.24) is 19.9 Å². The van der Waals surface area contributed by atoms with Crippen LogP contribution in [0.3, 0.4) is 0 Å². The Kier molecular flexibility index (Phi) is 4.71. The number of aryl methyl sites for hydroxylation is 1. The average molecular weight is 314 g/mol. The Morgan fingerprint density at radius 3 is 2.70 bits per heavy atom. The van der Waals surface area contributed by atoms with Crippen molar-refractivity contribution in [1.29, 1.82) is 0 Å². The van der Waals surface area contributed by atoms with Crippen LogP contribution in [0.25, 0.3) is 0 Å². The van der Waals surface area contributed by atoms with E-state index in [1.54, 1.807) is 0 Å². The van der Waals surface area contributed by atoms with Gasteiger partial charge in [0.1, 0.15) is 0 Å². The fraction of sp³-hybridized carbons (Fsp3) is 0.471. The maximum atomic E-state index is 12.6. The molecule has 0 spiro atoms. The topological polar surface area (TPSA) is 62.5 Å². The lowest BCUT2D eigenvalue weighted by Gasteiger charge is -2.38. The summed E-state index contributed by atoms with van der Waals surface area (Å²) in [6, 6.07) is 9.92. The quantitative estimate of drug-likeness (QED) is 0.843. The number of benzene rings is 1. The lowest BCUT2D eigenvalue weighted by atomic mass is 10.1. The minimum atomic E-state index is -0.170. The Labute approximate surface area is 136 Å². The third-order valence-corrected chi connectivity index (χ3v) is 4.25. The Morgan fingerprint density at radius 1 is 1.22 bits per heavy atom. The van der Waals surface area contributed by atoms with Gasteiger partial charge in [0.2, 0.25) is 11.8 Å². The SMILES string of the molecule is CCc1nc(CN2CCN(Cc3ccccc3)C(=O)[C@@H]2C)no1. The molecule has 2 heterocycles. The first-order chi connectivity index (χ1) is 11.2. The zero-order valence-electron chi connectivity index (χ0n) is 13.6. The largest absolute Gasteiger partial charge is 0.339 e. The van der Waals surface area contributed by atoms with Gasteiger partial charge in [-0.3, -0.25) is 9.69 Å². The second kappa shape index (κ2) is 6.91. The van der Waals surface area contributed by atoms with Gasteiger partial charge in [-0.2, -0.15) is 4.98 Å². The predicted octanol–water partition coefficient (Wildman–Crippen LogP) is 1.86. The molecule has 122 valence electrons. The van der Waals surface area contributed by atoms with Crippen LogP contribution in [-0.4, -0.2) is 45.0 Å². The molecule has 1 saturated heterocycles. The summed E-state index contributed by atoms with van der Waals surface area (Å²) in [5.41, 5.74) is 1.16. The molecule has 1 amide bonds. The van der Waals surface area contributed by atoms with Crippen molar-refractivity contribution in [3.63, 3.8) is 0 Å². The summed E-state index contributed by atoms with van der Waals surface area (Å²) in [7, 11) is 0. The lowest BCUT2D eigenvalue weighted by Crippen LogP contribution is -2.55. The van der Waals surface area contributed by atoms with Crippen LogP contribution in [0.1, 0.15) is 31.1 Å². The first-order valence-electron chi connectivity index (χ1n) is 8.05. The van der Waals surface area contributed by atoms with Crippen LogP contribution in [-0.2, 0) is 24.3 Å². The first-order valence-corrected chi connectivity index (χ1v) is 8.05. The molecular formula is C17H22N4O2. The van der Waals surface area contributed by atoms with Gasteiger partial charge >= 0.3 is 0 Å². The molecule has 0 radical (unpaired) electrons. The van der Waals surface area contributed by atoms with E-state index in [1.807, 2.05) is 36.9 Å². The normalized spacial score (nSPS) is 19.3. The number of hydrogen-bond donors (Lipinski definition) is 0. The van der Waals surface area contributed by atoms with Crippen molar-refractivity contribution in [2.45, 2.75) is 39.4 Å². The number of nitrogens with zero attached hydrogens (tertiary/aromatic N) is 4. The van der Waals surface area contributed by atoms with E-state index in [-0.39, 0.29) is 11.9 Å². The highest BCUT2D eigenvalue weighted by Crippen LogP contribution is 2.16. The van der Waals surface area contributed by atoms with Gasteiger partial charge in [0.25, 0.3) is 0 Å². The molecule has 2 aromatic rings. The minimum Gasteiger partial charge on any atom is -0.339 e.